The van der Waals surface area contributed by atoms with Gasteiger partial charge in [0.05, 0.1) is 0 Å². The summed E-state index contributed by atoms with van der Waals surface area (Å²) in [5.41, 5.74) is 2.37. The molecule has 0 fully saturated rings. The van der Waals surface area contributed by atoms with Crippen LogP contribution in [0.2, 0.25) is 0 Å². The first-order chi connectivity index (χ1) is 12.8. The van der Waals surface area contributed by atoms with E-state index >= 15 is 0 Å². The minimum Gasteiger partial charge on any atom is -0.483 e. The van der Waals surface area contributed by atoms with Crippen molar-refractivity contribution in [2.24, 2.45) is 0 Å². The van der Waals surface area contributed by atoms with Crippen LogP contribution in [0.15, 0.2) is 42.5 Å². The number of rotatable bonds is 6. The number of carbonyl (C=O) groups is 2. The fraction of sp³-hybridized carbons (Fsp3) is 0.333. The molecule has 3 rings (SSSR count). The highest BCUT2D eigenvalue weighted by Crippen LogP contribution is 2.41. The Labute approximate surface area is 158 Å². The van der Waals surface area contributed by atoms with Crippen molar-refractivity contribution < 1.29 is 23.8 Å². The molecule has 2 aromatic carbocycles. The third-order valence-corrected chi connectivity index (χ3v) is 4.18. The zero-order chi connectivity index (χ0) is 19.4. The summed E-state index contributed by atoms with van der Waals surface area (Å²) in [6.45, 7) is 5.22. The molecule has 6 heteroatoms. The summed E-state index contributed by atoms with van der Waals surface area (Å²) in [4.78, 5) is 23.8. The quantitative estimate of drug-likeness (QED) is 0.791. The van der Waals surface area contributed by atoms with Crippen LogP contribution in [0.3, 0.4) is 0 Å². The Morgan fingerprint density at radius 1 is 1.11 bits per heavy atom. The lowest BCUT2D eigenvalue weighted by Crippen LogP contribution is -2.25. The van der Waals surface area contributed by atoms with Crippen molar-refractivity contribution in [3.05, 3.63) is 53.6 Å². The highest BCUT2D eigenvalue weighted by Gasteiger charge is 2.32. The molecule has 1 aliphatic rings. The van der Waals surface area contributed by atoms with Gasteiger partial charge in [-0.15, -0.1) is 0 Å². The van der Waals surface area contributed by atoms with Gasteiger partial charge in [0, 0.05) is 17.7 Å². The van der Waals surface area contributed by atoms with Gasteiger partial charge in [-0.1, -0.05) is 30.3 Å². The van der Waals surface area contributed by atoms with Gasteiger partial charge < -0.3 is 19.5 Å². The lowest BCUT2D eigenvalue weighted by atomic mass is 10.0. The first-order valence-corrected chi connectivity index (χ1v) is 8.79. The molecule has 1 heterocycles. The van der Waals surface area contributed by atoms with E-state index in [1.54, 1.807) is 12.1 Å². The van der Waals surface area contributed by atoms with Crippen molar-refractivity contribution in [1.29, 1.82) is 0 Å². The first-order valence-electron chi connectivity index (χ1n) is 8.79. The Balaban J connectivity index is 1.48. The number of hydrogen-bond acceptors (Lipinski definition) is 5. The van der Waals surface area contributed by atoms with E-state index < -0.39 is 11.9 Å². The average molecular weight is 369 g/mol. The van der Waals surface area contributed by atoms with Gasteiger partial charge in [0.15, 0.2) is 24.7 Å². The number of carbonyl (C=O) groups excluding carboxylic acids is 2. The molecule has 0 bridgehead atoms. The molecule has 2 aromatic rings. The molecule has 1 N–H and O–H groups in total. The highest BCUT2D eigenvalue weighted by molar-refractivity contribution is 5.93. The Hall–Kier alpha value is -3.02. The summed E-state index contributed by atoms with van der Waals surface area (Å²) in [5.74, 6) is 0.139. The largest absolute Gasteiger partial charge is 0.483 e. The molecular formula is C21H23NO5. The normalized spacial score (nSPS) is 14.0. The van der Waals surface area contributed by atoms with Crippen LogP contribution in [0.25, 0.3) is 0 Å². The van der Waals surface area contributed by atoms with Gasteiger partial charge in [-0.2, -0.15) is 0 Å². The molecule has 0 aliphatic carbocycles. The van der Waals surface area contributed by atoms with Gasteiger partial charge in [-0.05, 0) is 38.5 Å². The summed E-state index contributed by atoms with van der Waals surface area (Å²) in [5, 5.41) is 2.71. The molecule has 0 aromatic heterocycles. The Bertz CT molecular complexity index is 859. The second-order valence-electron chi connectivity index (χ2n) is 7.10. The molecular weight excluding hydrogens is 346 g/mol. The maximum absolute atomic E-state index is 11.9. The molecule has 142 valence electrons. The molecule has 1 amide bonds. The summed E-state index contributed by atoms with van der Waals surface area (Å²) in [6.07, 6.45) is 0.781. The van der Waals surface area contributed by atoms with Crippen molar-refractivity contribution in [2.45, 2.75) is 32.8 Å². The third-order valence-electron chi connectivity index (χ3n) is 4.18. The molecule has 0 saturated carbocycles. The number of aryl methyl sites for hydroxylation is 1. The monoisotopic (exact) mass is 369 g/mol. The number of fused-ring (bicyclic) bond motifs is 1. The number of hydrogen-bond donors (Lipinski definition) is 1. The van der Waals surface area contributed by atoms with Gasteiger partial charge in [0.25, 0.3) is 5.91 Å². The van der Waals surface area contributed by atoms with Gasteiger partial charge in [0.1, 0.15) is 5.60 Å². The van der Waals surface area contributed by atoms with E-state index in [0.717, 1.165) is 17.5 Å². The number of nitrogens with one attached hydrogen (secondary N) is 1. The number of esters is 1. The number of ether oxygens (including phenoxy) is 3. The summed E-state index contributed by atoms with van der Waals surface area (Å²) >= 11 is 0. The van der Waals surface area contributed by atoms with E-state index in [4.69, 9.17) is 14.2 Å². The Morgan fingerprint density at radius 2 is 1.89 bits per heavy atom. The van der Waals surface area contributed by atoms with Gasteiger partial charge in [-0.3, -0.25) is 4.79 Å². The molecule has 0 spiro atoms. The van der Waals surface area contributed by atoms with Crippen LogP contribution in [0.5, 0.6) is 11.5 Å². The van der Waals surface area contributed by atoms with Crippen LogP contribution >= 0.6 is 0 Å². The van der Waals surface area contributed by atoms with E-state index in [1.165, 1.54) is 0 Å². The third kappa shape index (κ3) is 4.78. The summed E-state index contributed by atoms with van der Waals surface area (Å²) in [7, 11) is 0. The highest BCUT2D eigenvalue weighted by atomic mass is 16.6. The minimum atomic E-state index is -0.621. The standard InChI is InChI=1S/C21H23NO5/c1-14-7-4-5-9-16(14)22-18(23)12-26-19(24)13-25-17-10-6-8-15-11-21(2,3)27-20(15)17/h4-10H,11-13H2,1-3H3,(H,22,23). The smallest absolute Gasteiger partial charge is 0.344 e. The molecule has 0 saturated heterocycles. The van der Waals surface area contributed by atoms with E-state index in [2.05, 4.69) is 5.32 Å². The Kier molecular flexibility index (Phi) is 5.35. The molecule has 27 heavy (non-hydrogen) atoms. The maximum atomic E-state index is 11.9. The van der Waals surface area contributed by atoms with Crippen molar-refractivity contribution in [1.82, 2.24) is 0 Å². The summed E-state index contributed by atoms with van der Waals surface area (Å²) in [6, 6.07) is 13.0. The molecule has 0 radical (unpaired) electrons. The van der Waals surface area contributed by atoms with Crippen molar-refractivity contribution >= 4 is 17.6 Å². The van der Waals surface area contributed by atoms with Gasteiger partial charge in [-0.25, -0.2) is 4.79 Å². The maximum Gasteiger partial charge on any atom is 0.344 e. The number of anilines is 1. The molecule has 6 nitrogen and oxygen atoms in total. The van der Waals surface area contributed by atoms with E-state index in [9.17, 15) is 9.59 Å². The van der Waals surface area contributed by atoms with Crippen molar-refractivity contribution in [3.8, 4) is 11.5 Å². The second kappa shape index (κ2) is 7.70. The predicted molar refractivity (Wildman–Crippen MR) is 101 cm³/mol. The Morgan fingerprint density at radius 3 is 2.67 bits per heavy atom. The van der Waals surface area contributed by atoms with Crippen LogP contribution in [-0.4, -0.2) is 30.7 Å². The second-order valence-corrected chi connectivity index (χ2v) is 7.10. The van der Waals surface area contributed by atoms with Crippen LogP contribution in [0.1, 0.15) is 25.0 Å². The van der Waals surface area contributed by atoms with E-state index in [0.29, 0.717) is 17.2 Å². The summed E-state index contributed by atoms with van der Waals surface area (Å²) < 4.78 is 16.4. The van der Waals surface area contributed by atoms with Crippen molar-refractivity contribution in [2.75, 3.05) is 18.5 Å². The lowest BCUT2D eigenvalue weighted by Gasteiger charge is -2.18. The zero-order valence-corrected chi connectivity index (χ0v) is 15.7. The SMILES string of the molecule is Cc1ccccc1NC(=O)COC(=O)COc1cccc2c1OC(C)(C)C2. The topological polar surface area (TPSA) is 73.9 Å². The van der Waals surface area contributed by atoms with Gasteiger partial charge >= 0.3 is 5.97 Å². The van der Waals surface area contributed by atoms with E-state index in [1.807, 2.05) is 51.1 Å². The molecule has 1 aliphatic heterocycles. The number of para-hydroxylation sites is 2. The number of benzene rings is 2. The first kappa shape index (κ1) is 18.8. The fourth-order valence-corrected chi connectivity index (χ4v) is 2.92. The van der Waals surface area contributed by atoms with Crippen LogP contribution < -0.4 is 14.8 Å². The minimum absolute atomic E-state index is 0.294. The molecule has 0 unspecified atom stereocenters. The number of amides is 1. The molecule has 0 atom stereocenters. The van der Waals surface area contributed by atoms with E-state index in [-0.39, 0.29) is 18.8 Å². The fourth-order valence-electron chi connectivity index (χ4n) is 2.92. The van der Waals surface area contributed by atoms with Gasteiger partial charge in [0.2, 0.25) is 0 Å². The van der Waals surface area contributed by atoms with Crippen LogP contribution in [0, 0.1) is 6.92 Å². The predicted octanol–water partition coefficient (Wildman–Crippen LogP) is 3.27. The average Bonchev–Trinajstić information content (AvgIpc) is 2.94. The van der Waals surface area contributed by atoms with Crippen molar-refractivity contribution in [3.63, 3.8) is 0 Å². The van der Waals surface area contributed by atoms with Crippen LogP contribution in [-0.2, 0) is 20.7 Å². The lowest BCUT2D eigenvalue weighted by molar-refractivity contribution is -0.149. The zero-order valence-electron chi connectivity index (χ0n) is 15.7. The van der Waals surface area contributed by atoms with Crippen LogP contribution in [0.4, 0.5) is 5.69 Å².